The van der Waals surface area contributed by atoms with Gasteiger partial charge in [0.05, 0.1) is 18.8 Å². The molecule has 6 nitrogen and oxygen atoms in total. The summed E-state index contributed by atoms with van der Waals surface area (Å²) in [5, 5.41) is 11.9. The Morgan fingerprint density at radius 2 is 2.18 bits per heavy atom. The number of aromatic nitrogens is 1. The van der Waals surface area contributed by atoms with Crippen molar-refractivity contribution < 1.29 is 50.4 Å². The maximum Gasteiger partial charge on any atom is 1.00 e. The molecule has 0 saturated carbocycles. The van der Waals surface area contributed by atoms with Crippen LogP contribution in [0.1, 0.15) is 23.8 Å². The Balaban J connectivity index is 0.00000144. The molecule has 1 aliphatic rings. The van der Waals surface area contributed by atoms with Crippen molar-refractivity contribution in [2.75, 3.05) is 25.6 Å². The average Bonchev–Trinajstić information content (AvgIpc) is 2.81. The maximum atomic E-state index is 11.0. The van der Waals surface area contributed by atoms with Gasteiger partial charge in [0, 0.05) is 7.05 Å². The zero-order valence-corrected chi connectivity index (χ0v) is 11.8. The summed E-state index contributed by atoms with van der Waals surface area (Å²) < 4.78 is 10.5. The molecule has 1 aromatic heterocycles. The number of ether oxygens (including phenoxy) is 2. The number of rotatable bonds is 3. The number of nitrogens with zero attached hydrogens (tertiary/aromatic N) is 1. The van der Waals surface area contributed by atoms with Crippen molar-refractivity contribution in [3.05, 3.63) is 23.4 Å². The normalized spacial score (nSPS) is 15.4. The molecule has 2 rings (SSSR count). The van der Waals surface area contributed by atoms with Crippen molar-refractivity contribution in [3.8, 4) is 0 Å². The first-order valence-electron chi connectivity index (χ1n) is 4.87. The molecule has 1 aliphatic heterocycles. The first kappa shape index (κ1) is 14.4. The summed E-state index contributed by atoms with van der Waals surface area (Å²) in [7, 11) is 1.71. The number of nitrogens with one attached hydrogen (secondary N) is 1. The number of pyridine rings is 1. The summed E-state index contributed by atoms with van der Waals surface area (Å²) in [5.74, 6) is -0.455. The van der Waals surface area contributed by atoms with E-state index in [2.05, 4.69) is 10.3 Å². The summed E-state index contributed by atoms with van der Waals surface area (Å²) in [6.07, 6.45) is -0.681. The summed E-state index contributed by atoms with van der Waals surface area (Å²) in [6.45, 7) is 0.907. The second-order valence-corrected chi connectivity index (χ2v) is 3.26. The number of carboxylic acids is 1. The molecule has 1 saturated heterocycles. The van der Waals surface area contributed by atoms with Crippen LogP contribution in [0.25, 0.3) is 0 Å². The van der Waals surface area contributed by atoms with Crippen LogP contribution < -0.4 is 34.9 Å². The Labute approximate surface area is 122 Å². The van der Waals surface area contributed by atoms with Crippen LogP contribution in [-0.4, -0.2) is 36.3 Å². The van der Waals surface area contributed by atoms with Crippen molar-refractivity contribution in [2.45, 2.75) is 6.29 Å². The van der Waals surface area contributed by atoms with E-state index >= 15 is 0 Å². The van der Waals surface area contributed by atoms with Gasteiger partial charge in [-0.15, -0.1) is 0 Å². The van der Waals surface area contributed by atoms with Crippen molar-refractivity contribution in [3.63, 3.8) is 0 Å². The molecule has 0 aromatic carbocycles. The van der Waals surface area contributed by atoms with Crippen molar-refractivity contribution in [1.29, 1.82) is 0 Å². The Hall–Kier alpha value is -0.660. The molecular weight excluding hydrogens is 235 g/mol. The molecule has 0 radical (unpaired) electrons. The zero-order valence-electron chi connectivity index (χ0n) is 10.8. The minimum Gasteiger partial charge on any atom is -1.00 e. The topological polar surface area (TPSA) is 80.7 Å². The van der Waals surface area contributed by atoms with Gasteiger partial charge < -0.3 is 21.3 Å². The molecule has 0 spiro atoms. The van der Waals surface area contributed by atoms with E-state index in [1.54, 1.807) is 13.1 Å². The van der Waals surface area contributed by atoms with Gasteiger partial charge in [-0.05, 0) is 12.1 Å². The van der Waals surface area contributed by atoms with E-state index in [4.69, 9.17) is 14.6 Å². The fourth-order valence-electron chi connectivity index (χ4n) is 1.49. The van der Waals surface area contributed by atoms with Crippen molar-refractivity contribution >= 4 is 11.8 Å². The molecular formula is C10H13N2NaO4. The number of carbonyl (C=O) groups is 1. The van der Waals surface area contributed by atoms with Crippen LogP contribution in [0.4, 0.5) is 5.82 Å². The molecule has 0 aliphatic carbocycles. The molecule has 0 bridgehead atoms. The SMILES string of the molecule is CNc1ccc(C(=O)O)c(C2OCCO2)n1.[H-].[Na+]. The smallest absolute Gasteiger partial charge is 1.00 e. The molecule has 88 valence electrons. The molecule has 17 heavy (non-hydrogen) atoms. The monoisotopic (exact) mass is 248 g/mol. The van der Waals surface area contributed by atoms with E-state index in [9.17, 15) is 4.79 Å². The average molecular weight is 248 g/mol. The van der Waals surface area contributed by atoms with Gasteiger partial charge in [0.1, 0.15) is 11.5 Å². The molecule has 2 N–H and O–H groups in total. The van der Waals surface area contributed by atoms with Crippen LogP contribution in [0.5, 0.6) is 0 Å². The number of anilines is 1. The summed E-state index contributed by atoms with van der Waals surface area (Å²) in [4.78, 5) is 15.2. The second kappa shape index (κ2) is 6.32. The van der Waals surface area contributed by atoms with Gasteiger partial charge in [0.15, 0.2) is 0 Å². The van der Waals surface area contributed by atoms with Crippen LogP contribution in [0.3, 0.4) is 0 Å². The predicted octanol–water partition coefficient (Wildman–Crippen LogP) is -2.02. The number of carboxylic acid groups (broad SMARTS) is 1. The number of hydrogen-bond donors (Lipinski definition) is 2. The van der Waals surface area contributed by atoms with Gasteiger partial charge in [-0.3, -0.25) is 0 Å². The zero-order chi connectivity index (χ0) is 11.5. The van der Waals surface area contributed by atoms with E-state index in [0.717, 1.165) is 0 Å². The van der Waals surface area contributed by atoms with Crippen LogP contribution >= 0.6 is 0 Å². The van der Waals surface area contributed by atoms with Gasteiger partial charge in [0.25, 0.3) is 0 Å². The van der Waals surface area contributed by atoms with Crippen LogP contribution in [0, 0.1) is 0 Å². The van der Waals surface area contributed by atoms with Gasteiger partial charge in [-0.25, -0.2) is 9.78 Å². The third kappa shape index (κ3) is 3.17. The van der Waals surface area contributed by atoms with E-state index < -0.39 is 12.3 Å². The second-order valence-electron chi connectivity index (χ2n) is 3.26. The summed E-state index contributed by atoms with van der Waals surface area (Å²) >= 11 is 0. The van der Waals surface area contributed by atoms with Gasteiger partial charge in [-0.1, -0.05) is 0 Å². The first-order chi connectivity index (χ1) is 7.72. The van der Waals surface area contributed by atoms with E-state index in [0.29, 0.717) is 24.7 Å². The standard InChI is InChI=1S/C10H12N2O4.Na.H/c1-11-7-3-2-6(9(13)14)8(12-7)10-15-4-5-16-10;;/h2-3,10H,4-5H2,1H3,(H,11,12)(H,13,14);;/q;+1;-1. The molecule has 0 amide bonds. The third-order valence-electron chi connectivity index (χ3n) is 2.26. The Kier molecular flexibility index (Phi) is 5.35. The molecule has 1 aromatic rings. The van der Waals surface area contributed by atoms with Gasteiger partial charge >= 0.3 is 35.5 Å². The Morgan fingerprint density at radius 1 is 1.53 bits per heavy atom. The van der Waals surface area contributed by atoms with Crippen LogP contribution in [0.15, 0.2) is 12.1 Å². The molecule has 2 heterocycles. The Bertz CT molecular complexity index is 413. The van der Waals surface area contributed by atoms with Crippen molar-refractivity contribution in [2.24, 2.45) is 0 Å². The molecule has 7 heteroatoms. The maximum absolute atomic E-state index is 11.0. The molecule has 0 unspecified atom stereocenters. The van der Waals surface area contributed by atoms with E-state index in [-0.39, 0.29) is 36.5 Å². The van der Waals surface area contributed by atoms with E-state index in [1.165, 1.54) is 6.07 Å². The van der Waals surface area contributed by atoms with Gasteiger partial charge in [-0.2, -0.15) is 0 Å². The summed E-state index contributed by atoms with van der Waals surface area (Å²) in [5.41, 5.74) is 0.405. The van der Waals surface area contributed by atoms with Gasteiger partial charge in [0.2, 0.25) is 6.29 Å². The molecule has 0 atom stereocenters. The molecule has 1 fully saturated rings. The predicted molar refractivity (Wildman–Crippen MR) is 56.5 cm³/mol. The summed E-state index contributed by atoms with van der Waals surface area (Å²) in [6, 6.07) is 3.09. The fraction of sp³-hybridized carbons (Fsp3) is 0.400. The minimum absolute atomic E-state index is 0. The van der Waals surface area contributed by atoms with Crippen molar-refractivity contribution in [1.82, 2.24) is 4.98 Å². The largest absolute Gasteiger partial charge is 1.00 e. The van der Waals surface area contributed by atoms with Crippen LogP contribution in [0.2, 0.25) is 0 Å². The van der Waals surface area contributed by atoms with Crippen LogP contribution in [-0.2, 0) is 9.47 Å². The Morgan fingerprint density at radius 3 is 2.71 bits per heavy atom. The minimum atomic E-state index is -1.04. The first-order valence-corrected chi connectivity index (χ1v) is 4.87. The van der Waals surface area contributed by atoms with E-state index in [1.807, 2.05) is 0 Å². The number of aromatic carboxylic acids is 1. The number of hydrogen-bond acceptors (Lipinski definition) is 5. The quantitative estimate of drug-likeness (QED) is 0.601. The third-order valence-corrected chi connectivity index (χ3v) is 2.26. The fourth-order valence-corrected chi connectivity index (χ4v) is 1.49.